The molecule has 0 radical (unpaired) electrons. The van der Waals surface area contributed by atoms with Gasteiger partial charge in [0, 0.05) is 12.6 Å². The van der Waals surface area contributed by atoms with Crippen LogP contribution in [0.1, 0.15) is 12.5 Å². The maximum absolute atomic E-state index is 11.9. The van der Waals surface area contributed by atoms with Crippen molar-refractivity contribution >= 4 is 0 Å². The van der Waals surface area contributed by atoms with Crippen molar-refractivity contribution in [1.82, 2.24) is 5.32 Å². The second-order valence-corrected chi connectivity index (χ2v) is 3.67. The van der Waals surface area contributed by atoms with Crippen molar-refractivity contribution in [2.24, 2.45) is 0 Å². The number of halogens is 1. The summed E-state index contributed by atoms with van der Waals surface area (Å²) in [6.45, 7) is 4.62. The van der Waals surface area contributed by atoms with Crippen LogP contribution >= 0.6 is 0 Å². The number of ether oxygens (including phenoxy) is 1. The number of hydrogen-bond donors (Lipinski definition) is 1. The molecule has 3 heteroatoms. The molecule has 0 saturated heterocycles. The third-order valence-electron chi connectivity index (χ3n) is 2.11. The first kappa shape index (κ1) is 12.0. The molecule has 0 spiro atoms. The normalized spacial score (nSPS) is 12.5. The lowest BCUT2D eigenvalue weighted by Crippen LogP contribution is -2.33. The van der Waals surface area contributed by atoms with Crippen molar-refractivity contribution in [2.45, 2.75) is 19.9 Å². The highest BCUT2D eigenvalue weighted by molar-refractivity contribution is 5.26. The van der Waals surface area contributed by atoms with E-state index >= 15 is 0 Å². The molecule has 1 unspecified atom stereocenters. The predicted molar refractivity (Wildman–Crippen MR) is 60.1 cm³/mol. The first-order valence-electron chi connectivity index (χ1n) is 5.21. The van der Waals surface area contributed by atoms with Crippen molar-refractivity contribution in [3.8, 4) is 5.75 Å². The summed E-state index contributed by atoms with van der Waals surface area (Å²) in [4.78, 5) is 0. The molecule has 0 aliphatic carbocycles. The first-order chi connectivity index (χ1) is 7.22. The van der Waals surface area contributed by atoms with Crippen molar-refractivity contribution in [1.29, 1.82) is 0 Å². The Morgan fingerprint density at radius 3 is 2.60 bits per heavy atom. The smallest absolute Gasteiger partial charge is 0.119 e. The monoisotopic (exact) mass is 211 g/mol. The van der Waals surface area contributed by atoms with Crippen LogP contribution in [0, 0.1) is 6.92 Å². The molecule has 0 amide bonds. The van der Waals surface area contributed by atoms with Gasteiger partial charge in [0.25, 0.3) is 0 Å². The molecule has 0 aliphatic rings. The lowest BCUT2D eigenvalue weighted by Gasteiger charge is -2.13. The van der Waals surface area contributed by atoms with Crippen LogP contribution in [0.15, 0.2) is 24.3 Å². The van der Waals surface area contributed by atoms with E-state index in [9.17, 15) is 4.39 Å². The Morgan fingerprint density at radius 1 is 1.33 bits per heavy atom. The number of aryl methyl sites for hydroxylation is 1. The molecule has 1 rings (SSSR count). The van der Waals surface area contributed by atoms with Gasteiger partial charge in [0.05, 0.1) is 0 Å². The second-order valence-electron chi connectivity index (χ2n) is 3.67. The Bertz CT molecular complexity index is 273. The fourth-order valence-corrected chi connectivity index (χ4v) is 1.22. The van der Waals surface area contributed by atoms with Gasteiger partial charge in [0.1, 0.15) is 19.0 Å². The van der Waals surface area contributed by atoms with Crippen LogP contribution in [0.25, 0.3) is 0 Å². The van der Waals surface area contributed by atoms with Crippen LogP contribution in [0.2, 0.25) is 0 Å². The molecular weight excluding hydrogens is 193 g/mol. The zero-order valence-electron chi connectivity index (χ0n) is 9.29. The lowest BCUT2D eigenvalue weighted by molar-refractivity contribution is 0.269. The summed E-state index contributed by atoms with van der Waals surface area (Å²) < 4.78 is 17.4. The minimum absolute atomic E-state index is 0.169. The molecule has 0 heterocycles. The van der Waals surface area contributed by atoms with Crippen LogP contribution in [0.4, 0.5) is 4.39 Å². The quantitative estimate of drug-likeness (QED) is 0.779. The van der Waals surface area contributed by atoms with E-state index in [1.807, 2.05) is 38.1 Å². The van der Waals surface area contributed by atoms with Gasteiger partial charge < -0.3 is 10.1 Å². The second kappa shape index (κ2) is 6.40. The fourth-order valence-electron chi connectivity index (χ4n) is 1.22. The molecule has 0 aromatic heterocycles. The zero-order chi connectivity index (χ0) is 11.1. The van der Waals surface area contributed by atoms with E-state index in [0.717, 1.165) is 5.75 Å². The van der Waals surface area contributed by atoms with E-state index in [2.05, 4.69) is 5.32 Å². The number of hydrogen-bond acceptors (Lipinski definition) is 2. The third-order valence-corrected chi connectivity index (χ3v) is 2.11. The third kappa shape index (κ3) is 4.79. The summed E-state index contributed by atoms with van der Waals surface area (Å²) in [7, 11) is 0. The van der Waals surface area contributed by atoms with E-state index in [1.165, 1.54) is 5.56 Å². The van der Waals surface area contributed by atoms with Gasteiger partial charge in [-0.05, 0) is 26.0 Å². The van der Waals surface area contributed by atoms with Crippen LogP contribution in [-0.2, 0) is 0 Å². The molecule has 84 valence electrons. The number of alkyl halides is 1. The molecule has 0 saturated carbocycles. The van der Waals surface area contributed by atoms with Crippen molar-refractivity contribution in [3.63, 3.8) is 0 Å². The average molecular weight is 211 g/mol. The largest absolute Gasteiger partial charge is 0.492 e. The van der Waals surface area contributed by atoms with E-state index in [4.69, 9.17) is 4.74 Å². The van der Waals surface area contributed by atoms with Gasteiger partial charge >= 0.3 is 0 Å². The Morgan fingerprint density at radius 2 is 2.00 bits per heavy atom. The van der Waals surface area contributed by atoms with Crippen molar-refractivity contribution < 1.29 is 9.13 Å². The van der Waals surface area contributed by atoms with Crippen LogP contribution < -0.4 is 10.1 Å². The fraction of sp³-hybridized carbons (Fsp3) is 0.500. The summed E-state index contributed by atoms with van der Waals surface area (Å²) in [6, 6.07) is 8.07. The van der Waals surface area contributed by atoms with E-state index in [-0.39, 0.29) is 12.7 Å². The molecular formula is C12H18FNO. The summed E-state index contributed by atoms with van der Waals surface area (Å²) >= 11 is 0. The van der Waals surface area contributed by atoms with Crippen molar-refractivity contribution in [3.05, 3.63) is 29.8 Å². The summed E-state index contributed by atoms with van der Waals surface area (Å²) in [5.74, 6) is 0.856. The van der Waals surface area contributed by atoms with Crippen LogP contribution in [-0.4, -0.2) is 25.9 Å². The first-order valence-corrected chi connectivity index (χ1v) is 5.21. The summed E-state index contributed by atoms with van der Waals surface area (Å²) in [6.07, 6.45) is 0. The Labute approximate surface area is 90.4 Å². The highest BCUT2D eigenvalue weighted by Crippen LogP contribution is 2.11. The van der Waals surface area contributed by atoms with Gasteiger partial charge in [-0.3, -0.25) is 0 Å². The van der Waals surface area contributed by atoms with E-state index in [1.54, 1.807) is 0 Å². The Kier molecular flexibility index (Phi) is 5.12. The van der Waals surface area contributed by atoms with Crippen LogP contribution in [0.5, 0.6) is 5.75 Å². The number of nitrogens with one attached hydrogen (secondary N) is 1. The number of rotatable bonds is 6. The standard InChI is InChI=1S/C12H18FNO/c1-10-3-5-12(6-4-10)15-9-11(2)14-8-7-13/h3-6,11,14H,7-9H2,1-2H3. The average Bonchev–Trinajstić information content (AvgIpc) is 2.25. The maximum Gasteiger partial charge on any atom is 0.119 e. The van der Waals surface area contributed by atoms with E-state index in [0.29, 0.717) is 13.2 Å². The topological polar surface area (TPSA) is 21.3 Å². The Hall–Kier alpha value is -1.09. The minimum Gasteiger partial charge on any atom is -0.492 e. The van der Waals surface area contributed by atoms with E-state index < -0.39 is 0 Å². The van der Waals surface area contributed by atoms with Gasteiger partial charge in [-0.25, -0.2) is 4.39 Å². The predicted octanol–water partition coefficient (Wildman–Crippen LogP) is 2.32. The minimum atomic E-state index is -0.338. The maximum atomic E-state index is 11.9. The highest BCUT2D eigenvalue weighted by atomic mass is 19.1. The SMILES string of the molecule is Cc1ccc(OCC(C)NCCF)cc1. The molecule has 1 atom stereocenters. The molecule has 0 bridgehead atoms. The molecule has 0 aliphatic heterocycles. The van der Waals surface area contributed by atoms with Crippen LogP contribution in [0.3, 0.4) is 0 Å². The molecule has 1 aromatic carbocycles. The molecule has 1 aromatic rings. The van der Waals surface area contributed by atoms with Gasteiger partial charge in [-0.2, -0.15) is 0 Å². The molecule has 0 fully saturated rings. The number of benzene rings is 1. The van der Waals surface area contributed by atoms with Gasteiger partial charge in [0.2, 0.25) is 0 Å². The summed E-state index contributed by atoms with van der Waals surface area (Å²) in [5.41, 5.74) is 1.21. The highest BCUT2D eigenvalue weighted by Gasteiger charge is 2.01. The zero-order valence-corrected chi connectivity index (χ0v) is 9.29. The molecule has 2 nitrogen and oxygen atoms in total. The van der Waals surface area contributed by atoms with Gasteiger partial charge in [-0.1, -0.05) is 17.7 Å². The van der Waals surface area contributed by atoms with Crippen molar-refractivity contribution in [2.75, 3.05) is 19.8 Å². The molecule has 15 heavy (non-hydrogen) atoms. The van der Waals surface area contributed by atoms with Gasteiger partial charge in [0.15, 0.2) is 0 Å². The molecule has 1 N–H and O–H groups in total. The Balaban J connectivity index is 2.27. The lowest BCUT2D eigenvalue weighted by atomic mass is 10.2. The van der Waals surface area contributed by atoms with Gasteiger partial charge in [-0.15, -0.1) is 0 Å². The summed E-state index contributed by atoms with van der Waals surface area (Å²) in [5, 5.41) is 3.01.